The second-order valence-corrected chi connectivity index (χ2v) is 10.9. The fourth-order valence-corrected chi connectivity index (χ4v) is 5.25. The van der Waals surface area contributed by atoms with Crippen LogP contribution in [0, 0.1) is 0 Å². The maximum Gasteiger partial charge on any atom is 0.256 e. The number of nitrogens with zero attached hydrogens (tertiary/aromatic N) is 5. The zero-order valence-electron chi connectivity index (χ0n) is 24.7. The molecule has 0 bridgehead atoms. The van der Waals surface area contributed by atoms with E-state index in [1.54, 1.807) is 6.08 Å². The zero-order valence-corrected chi connectivity index (χ0v) is 24.7. The molecule has 0 atom stereocenters. The van der Waals surface area contributed by atoms with Gasteiger partial charge in [-0.3, -0.25) is 9.59 Å². The molecule has 4 rings (SSSR count). The van der Waals surface area contributed by atoms with E-state index in [4.69, 9.17) is 5.73 Å². The number of hydrogen-bond acceptors (Lipinski definition) is 8. The number of anilines is 3. The Balaban J connectivity index is 1.43. The molecule has 42 heavy (non-hydrogen) atoms. The number of carbonyl (C=O) groups excluding carboxylic acids is 2. The molecule has 0 aliphatic carbocycles. The summed E-state index contributed by atoms with van der Waals surface area (Å²) >= 11 is 0. The molecule has 11 heteroatoms. The van der Waals surface area contributed by atoms with E-state index in [0.29, 0.717) is 6.04 Å². The van der Waals surface area contributed by atoms with E-state index in [1.807, 2.05) is 26.0 Å². The van der Waals surface area contributed by atoms with E-state index in [9.17, 15) is 9.59 Å². The number of rotatable bonds is 11. The first kappa shape index (κ1) is 30.7. The van der Waals surface area contributed by atoms with Gasteiger partial charge < -0.3 is 31.5 Å². The number of hydrogen-bond donors (Lipinski definition) is 4. The Labute approximate surface area is 248 Å². The fraction of sp³-hybridized carbons (Fsp3) is 0.452. The monoisotopic (exact) mass is 573 g/mol. The minimum atomic E-state index is -0.414. The minimum Gasteiger partial charge on any atom is -0.384 e. The van der Waals surface area contributed by atoms with Crippen LogP contribution in [0.1, 0.15) is 56.3 Å². The maximum absolute atomic E-state index is 12.7. The molecule has 0 saturated carbocycles. The number of nitrogens with one attached hydrogen (secondary N) is 3. The number of piperidine rings is 2. The van der Waals surface area contributed by atoms with Crippen LogP contribution in [-0.4, -0.2) is 77.3 Å². The second-order valence-electron chi connectivity index (χ2n) is 10.9. The lowest BCUT2D eigenvalue weighted by Crippen LogP contribution is -2.46. The van der Waals surface area contributed by atoms with Crippen LogP contribution in [0.2, 0.25) is 0 Å². The van der Waals surface area contributed by atoms with Gasteiger partial charge in [0.1, 0.15) is 11.4 Å². The quantitative estimate of drug-likeness (QED) is 0.138. The number of benzene rings is 1. The molecule has 0 unspecified atom stereocenters. The van der Waals surface area contributed by atoms with E-state index in [0.717, 1.165) is 18.8 Å². The Kier molecular flexibility index (Phi) is 11.0. The fourth-order valence-electron chi connectivity index (χ4n) is 5.25. The molecule has 0 radical (unpaired) electrons. The van der Waals surface area contributed by atoms with Crippen molar-refractivity contribution in [1.82, 2.24) is 25.5 Å². The van der Waals surface area contributed by atoms with Crippen LogP contribution in [0.3, 0.4) is 0 Å². The molecule has 3 heterocycles. The maximum atomic E-state index is 12.7. The first-order valence-corrected chi connectivity index (χ1v) is 14.8. The molecule has 1 aromatic carbocycles. The van der Waals surface area contributed by atoms with Crippen LogP contribution in [0.5, 0.6) is 0 Å². The Morgan fingerprint density at radius 2 is 1.81 bits per heavy atom. The van der Waals surface area contributed by atoms with Crippen molar-refractivity contribution in [1.29, 1.82) is 0 Å². The number of aliphatic imine (C=N–C) groups is 1. The molecule has 5 N–H and O–H groups in total. The van der Waals surface area contributed by atoms with Crippen LogP contribution in [-0.2, 0) is 4.79 Å². The third-order valence-corrected chi connectivity index (χ3v) is 7.35. The van der Waals surface area contributed by atoms with Gasteiger partial charge in [-0.1, -0.05) is 12.5 Å². The van der Waals surface area contributed by atoms with Gasteiger partial charge in [0.15, 0.2) is 5.82 Å². The second kappa shape index (κ2) is 15.1. The summed E-state index contributed by atoms with van der Waals surface area (Å²) in [4.78, 5) is 42.9. The number of likely N-dealkylation sites (tertiary alicyclic amines) is 1. The summed E-state index contributed by atoms with van der Waals surface area (Å²) in [5.74, 6) is -0.355. The van der Waals surface area contributed by atoms with Crippen molar-refractivity contribution in [2.75, 3.05) is 42.9 Å². The van der Waals surface area contributed by atoms with Gasteiger partial charge >= 0.3 is 0 Å². The molecule has 2 amide bonds. The molecule has 0 spiro atoms. The van der Waals surface area contributed by atoms with Crippen molar-refractivity contribution >= 4 is 40.8 Å². The predicted molar refractivity (Wildman–Crippen MR) is 169 cm³/mol. The van der Waals surface area contributed by atoms with Crippen LogP contribution >= 0.6 is 0 Å². The third-order valence-electron chi connectivity index (χ3n) is 7.35. The number of nitrogens with two attached hydrogens (primary N) is 1. The van der Waals surface area contributed by atoms with Crippen LogP contribution in [0.4, 0.5) is 23.1 Å². The van der Waals surface area contributed by atoms with Gasteiger partial charge in [0, 0.05) is 55.4 Å². The summed E-state index contributed by atoms with van der Waals surface area (Å²) in [7, 11) is 0. The van der Waals surface area contributed by atoms with Crippen molar-refractivity contribution in [3.8, 4) is 0 Å². The highest BCUT2D eigenvalue weighted by atomic mass is 16.2. The van der Waals surface area contributed by atoms with Gasteiger partial charge in [0.05, 0.1) is 0 Å². The zero-order chi connectivity index (χ0) is 29.9. The minimum absolute atomic E-state index is 0.0123. The van der Waals surface area contributed by atoms with Gasteiger partial charge in [0.2, 0.25) is 11.9 Å². The number of amidine groups is 1. The predicted octanol–water partition coefficient (Wildman–Crippen LogP) is 3.66. The van der Waals surface area contributed by atoms with E-state index >= 15 is 0 Å². The van der Waals surface area contributed by atoms with Crippen molar-refractivity contribution in [2.45, 2.75) is 58.0 Å². The highest BCUT2D eigenvalue weighted by Gasteiger charge is 2.25. The van der Waals surface area contributed by atoms with Gasteiger partial charge in [0.25, 0.3) is 5.91 Å². The van der Waals surface area contributed by atoms with Crippen LogP contribution in [0.15, 0.2) is 60.3 Å². The van der Waals surface area contributed by atoms with E-state index in [1.165, 1.54) is 69.2 Å². The van der Waals surface area contributed by atoms with E-state index < -0.39 is 5.91 Å². The number of aromatic nitrogens is 2. The molecule has 2 aromatic rings. The molecule has 2 saturated heterocycles. The van der Waals surface area contributed by atoms with Crippen molar-refractivity contribution < 1.29 is 9.59 Å². The largest absolute Gasteiger partial charge is 0.384 e. The highest BCUT2D eigenvalue weighted by Crippen LogP contribution is 2.27. The van der Waals surface area contributed by atoms with Crippen LogP contribution < -0.4 is 26.6 Å². The summed E-state index contributed by atoms with van der Waals surface area (Å²) in [6, 6.07) is 8.89. The first-order valence-electron chi connectivity index (χ1n) is 14.8. The van der Waals surface area contributed by atoms with Gasteiger partial charge in [-0.05, 0) is 83.0 Å². The Morgan fingerprint density at radius 3 is 2.48 bits per heavy atom. The topological polar surface area (TPSA) is 141 Å². The molecular weight excluding hydrogens is 530 g/mol. The molecular formula is C31H43N9O2. The molecule has 11 nitrogen and oxygen atoms in total. The molecule has 224 valence electrons. The summed E-state index contributed by atoms with van der Waals surface area (Å²) < 4.78 is 0. The summed E-state index contributed by atoms with van der Waals surface area (Å²) in [5, 5.41) is 8.64. The van der Waals surface area contributed by atoms with E-state index in [-0.39, 0.29) is 41.7 Å². The van der Waals surface area contributed by atoms with Crippen LogP contribution in [0.25, 0.3) is 0 Å². The number of carbonyl (C=O) groups is 2. The smallest absolute Gasteiger partial charge is 0.256 e. The number of amides is 2. The average molecular weight is 574 g/mol. The molecule has 2 aliphatic heterocycles. The Bertz CT molecular complexity index is 1280. The highest BCUT2D eigenvalue weighted by molar-refractivity contribution is 6.02. The van der Waals surface area contributed by atoms with Gasteiger partial charge in [-0.2, -0.15) is 4.98 Å². The summed E-state index contributed by atoms with van der Waals surface area (Å²) in [5.41, 5.74) is 8.19. The third kappa shape index (κ3) is 8.87. The molecule has 2 aliphatic rings. The lowest BCUT2D eigenvalue weighted by Gasteiger charge is -2.41. The van der Waals surface area contributed by atoms with Gasteiger partial charge in [-0.15, -0.1) is 6.58 Å². The Morgan fingerprint density at radius 1 is 1.10 bits per heavy atom. The van der Waals surface area contributed by atoms with Crippen molar-refractivity contribution in [2.24, 2.45) is 10.7 Å². The molecule has 1 aromatic heterocycles. The Hall–Kier alpha value is -4.25. The summed E-state index contributed by atoms with van der Waals surface area (Å²) in [6.45, 7) is 12.2. The van der Waals surface area contributed by atoms with Gasteiger partial charge in [-0.25, -0.2) is 9.98 Å². The normalized spacial score (nSPS) is 16.9. The molecule has 2 fully saturated rings. The summed E-state index contributed by atoms with van der Waals surface area (Å²) in [6.07, 6.45) is 12.1. The van der Waals surface area contributed by atoms with Crippen molar-refractivity contribution in [3.05, 3.63) is 60.8 Å². The first-order chi connectivity index (χ1) is 20.3. The lowest BCUT2D eigenvalue weighted by molar-refractivity contribution is -0.116. The lowest BCUT2D eigenvalue weighted by atomic mass is 9.99. The SMILES string of the molecule is C=CCNC(=O)c1cnc(Nc2ccc(N3CCC(N4CCCCC4)CC3)cc2)nc1N=C(N)/C=C\C(=O)NC(C)C. The average Bonchev–Trinajstić information content (AvgIpc) is 2.99. The standard InChI is InChI=1S/C31H43N9O2/c1-4-16-33-30(42)26-21-34-31(38-29(26)37-27(32)12-13-28(41)35-22(2)3)36-23-8-10-24(11-9-23)40-19-14-25(15-20-40)39-17-6-5-7-18-39/h4,8-13,21-22,25H,1,5-7,14-20H2,2-3H3,(H,33,42)(H,35,41)(H3,32,34,36,37,38)/b13-12-. The van der Waals surface area contributed by atoms with Crippen molar-refractivity contribution in [3.63, 3.8) is 0 Å². The van der Waals surface area contributed by atoms with E-state index in [2.05, 4.69) is 59.4 Å².